The first-order chi connectivity index (χ1) is 9.66. The van der Waals surface area contributed by atoms with E-state index in [9.17, 15) is 0 Å². The number of rotatable bonds is 7. The van der Waals surface area contributed by atoms with Gasteiger partial charge in [-0.15, -0.1) is 0 Å². The Balaban J connectivity index is 2.09. The van der Waals surface area contributed by atoms with E-state index in [0.29, 0.717) is 5.41 Å². The van der Waals surface area contributed by atoms with Crippen LogP contribution in [-0.2, 0) is 4.74 Å². The van der Waals surface area contributed by atoms with Crippen molar-refractivity contribution >= 4 is 0 Å². The van der Waals surface area contributed by atoms with Crippen LogP contribution in [0.1, 0.15) is 80.1 Å². The molecule has 2 unspecified atom stereocenters. The van der Waals surface area contributed by atoms with Crippen molar-refractivity contribution in [3.63, 3.8) is 0 Å². The zero-order chi connectivity index (χ0) is 15.9. The van der Waals surface area contributed by atoms with Crippen molar-refractivity contribution in [3.05, 3.63) is 0 Å². The van der Waals surface area contributed by atoms with Gasteiger partial charge in [-0.25, -0.2) is 0 Å². The van der Waals surface area contributed by atoms with Crippen molar-refractivity contribution in [1.29, 1.82) is 0 Å². The molecule has 2 nitrogen and oxygen atoms in total. The third-order valence-electron chi connectivity index (χ3n) is 4.27. The molecule has 0 aliphatic heterocycles. The highest BCUT2D eigenvalue weighted by atomic mass is 16.5. The maximum absolute atomic E-state index is 5.93. The molecular weight excluding hydrogens is 258 g/mol. The molecule has 0 spiro atoms. The first-order valence-corrected chi connectivity index (χ1v) is 8.98. The second kappa shape index (κ2) is 8.53. The summed E-state index contributed by atoms with van der Waals surface area (Å²) in [7, 11) is 0. The molecule has 0 heterocycles. The van der Waals surface area contributed by atoms with Gasteiger partial charge in [-0.2, -0.15) is 0 Å². The summed E-state index contributed by atoms with van der Waals surface area (Å²) in [5.41, 5.74) is 0.704. The van der Waals surface area contributed by atoms with E-state index in [1.807, 2.05) is 0 Å². The molecule has 1 aliphatic carbocycles. The van der Waals surface area contributed by atoms with Gasteiger partial charge in [0.2, 0.25) is 0 Å². The van der Waals surface area contributed by atoms with Crippen LogP contribution in [-0.4, -0.2) is 25.3 Å². The topological polar surface area (TPSA) is 21.3 Å². The highest BCUT2D eigenvalue weighted by molar-refractivity contribution is 4.77. The van der Waals surface area contributed by atoms with Crippen molar-refractivity contribution in [2.45, 2.75) is 85.6 Å². The molecule has 126 valence electrons. The lowest BCUT2D eigenvalue weighted by molar-refractivity contribution is 0.0662. The summed E-state index contributed by atoms with van der Waals surface area (Å²) < 4.78 is 5.93. The number of hydrogen-bond donors (Lipinski definition) is 1. The van der Waals surface area contributed by atoms with Gasteiger partial charge in [-0.3, -0.25) is 0 Å². The van der Waals surface area contributed by atoms with Crippen molar-refractivity contribution in [3.8, 4) is 0 Å². The van der Waals surface area contributed by atoms with Crippen molar-refractivity contribution in [1.82, 2.24) is 5.32 Å². The number of nitrogens with one attached hydrogen (secondary N) is 1. The summed E-state index contributed by atoms with van der Waals surface area (Å²) in [6.07, 6.45) is 8.09. The summed E-state index contributed by atoms with van der Waals surface area (Å²) in [5.74, 6) is 1.73. The molecule has 0 aromatic rings. The van der Waals surface area contributed by atoms with Gasteiger partial charge in [-0.05, 0) is 70.3 Å². The second-order valence-electron chi connectivity index (χ2n) is 9.27. The molecule has 1 aliphatic rings. The Morgan fingerprint density at radius 3 is 2.29 bits per heavy atom. The Hall–Kier alpha value is -0.0800. The minimum Gasteiger partial charge on any atom is -0.381 e. The fraction of sp³-hybridized carbons (Fsp3) is 1.00. The maximum Gasteiger partial charge on any atom is 0.0494 e. The molecule has 21 heavy (non-hydrogen) atoms. The zero-order valence-corrected chi connectivity index (χ0v) is 15.4. The van der Waals surface area contributed by atoms with Crippen LogP contribution in [0.2, 0.25) is 0 Å². The van der Waals surface area contributed by atoms with E-state index in [2.05, 4.69) is 46.9 Å². The quantitative estimate of drug-likeness (QED) is 0.666. The Bertz CT molecular complexity index is 274. The molecule has 0 bridgehead atoms. The van der Waals surface area contributed by atoms with Crippen LogP contribution >= 0.6 is 0 Å². The fourth-order valence-electron chi connectivity index (χ4n) is 3.49. The molecule has 0 radical (unpaired) electrons. The minimum atomic E-state index is 0.226. The van der Waals surface area contributed by atoms with Gasteiger partial charge in [0.25, 0.3) is 0 Å². The zero-order valence-electron chi connectivity index (χ0n) is 15.4. The van der Waals surface area contributed by atoms with E-state index < -0.39 is 0 Å². The molecule has 1 saturated carbocycles. The van der Waals surface area contributed by atoms with E-state index in [4.69, 9.17) is 4.74 Å². The van der Waals surface area contributed by atoms with E-state index in [-0.39, 0.29) is 5.54 Å². The Morgan fingerprint density at radius 2 is 1.67 bits per heavy atom. The smallest absolute Gasteiger partial charge is 0.0494 e. The van der Waals surface area contributed by atoms with E-state index >= 15 is 0 Å². The van der Waals surface area contributed by atoms with Gasteiger partial charge < -0.3 is 10.1 Å². The summed E-state index contributed by atoms with van der Waals surface area (Å²) in [6, 6.07) is 0. The van der Waals surface area contributed by atoms with Crippen molar-refractivity contribution in [2.75, 3.05) is 19.8 Å². The first-order valence-electron chi connectivity index (χ1n) is 8.98. The third kappa shape index (κ3) is 10.3. The molecule has 1 N–H and O–H groups in total. The highest BCUT2D eigenvalue weighted by Gasteiger charge is 2.25. The lowest BCUT2D eigenvalue weighted by Gasteiger charge is -2.33. The lowest BCUT2D eigenvalue weighted by Crippen LogP contribution is -2.36. The van der Waals surface area contributed by atoms with Crippen LogP contribution in [0.5, 0.6) is 0 Å². The molecule has 2 atom stereocenters. The van der Waals surface area contributed by atoms with Crippen molar-refractivity contribution < 1.29 is 4.74 Å². The lowest BCUT2D eigenvalue weighted by atomic mass is 9.74. The van der Waals surface area contributed by atoms with Gasteiger partial charge in [0, 0.05) is 18.8 Å². The highest BCUT2D eigenvalue weighted by Crippen LogP contribution is 2.36. The molecule has 1 fully saturated rings. The van der Waals surface area contributed by atoms with Gasteiger partial charge in [-0.1, -0.05) is 33.6 Å². The Labute approximate surface area is 133 Å². The molecule has 2 heteroatoms. The summed E-state index contributed by atoms with van der Waals surface area (Å²) in [4.78, 5) is 0. The summed E-state index contributed by atoms with van der Waals surface area (Å²) in [5, 5.41) is 3.51. The normalized spacial score (nSPS) is 24.3. The van der Waals surface area contributed by atoms with E-state index in [1.54, 1.807) is 0 Å². The molecule has 0 aromatic carbocycles. The molecule has 1 rings (SSSR count). The Kier molecular flexibility index (Phi) is 7.70. The monoisotopic (exact) mass is 297 g/mol. The SMILES string of the molecule is CC(C)(C)CC1CCCC(COCCCNC(C)(C)C)C1. The third-order valence-corrected chi connectivity index (χ3v) is 4.27. The van der Waals surface area contributed by atoms with Crippen LogP contribution in [0.15, 0.2) is 0 Å². The standard InChI is InChI=1S/C19H39NO/c1-18(2,3)14-16-9-7-10-17(13-16)15-21-12-8-11-20-19(4,5)6/h16-17,20H,7-15H2,1-6H3. The fourth-order valence-corrected chi connectivity index (χ4v) is 3.49. The maximum atomic E-state index is 5.93. The first kappa shape index (κ1) is 19.0. The molecular formula is C19H39NO. The van der Waals surface area contributed by atoms with E-state index in [0.717, 1.165) is 38.0 Å². The minimum absolute atomic E-state index is 0.226. The molecule has 0 amide bonds. The van der Waals surface area contributed by atoms with Gasteiger partial charge in [0.05, 0.1) is 0 Å². The van der Waals surface area contributed by atoms with Crippen LogP contribution in [0.4, 0.5) is 0 Å². The van der Waals surface area contributed by atoms with Crippen LogP contribution in [0.25, 0.3) is 0 Å². The summed E-state index contributed by atoms with van der Waals surface area (Å²) >= 11 is 0. The Morgan fingerprint density at radius 1 is 1.00 bits per heavy atom. The van der Waals surface area contributed by atoms with E-state index in [1.165, 1.54) is 32.1 Å². The predicted molar refractivity (Wildman–Crippen MR) is 92.7 cm³/mol. The van der Waals surface area contributed by atoms with Gasteiger partial charge in [0.1, 0.15) is 0 Å². The van der Waals surface area contributed by atoms with Gasteiger partial charge >= 0.3 is 0 Å². The van der Waals surface area contributed by atoms with Crippen LogP contribution < -0.4 is 5.32 Å². The average molecular weight is 298 g/mol. The summed E-state index contributed by atoms with van der Waals surface area (Å²) in [6.45, 7) is 16.7. The van der Waals surface area contributed by atoms with Crippen LogP contribution in [0.3, 0.4) is 0 Å². The average Bonchev–Trinajstić information content (AvgIpc) is 2.30. The van der Waals surface area contributed by atoms with Crippen LogP contribution in [0, 0.1) is 17.3 Å². The predicted octanol–water partition coefficient (Wildman–Crippen LogP) is 5.02. The second-order valence-corrected chi connectivity index (χ2v) is 9.27. The van der Waals surface area contributed by atoms with Crippen molar-refractivity contribution in [2.24, 2.45) is 17.3 Å². The largest absolute Gasteiger partial charge is 0.381 e. The number of hydrogen-bond acceptors (Lipinski definition) is 2. The molecule has 0 saturated heterocycles. The van der Waals surface area contributed by atoms with Gasteiger partial charge in [0.15, 0.2) is 0 Å². The molecule has 0 aromatic heterocycles. The number of ether oxygens (including phenoxy) is 1.